The molecule has 12 heavy (non-hydrogen) atoms. The summed E-state index contributed by atoms with van der Waals surface area (Å²) in [4.78, 5) is 14.4. The summed E-state index contributed by atoms with van der Waals surface area (Å²) in [5.74, 6) is 0.257. The van der Waals surface area contributed by atoms with Crippen LogP contribution in [0.25, 0.3) is 4.85 Å². The van der Waals surface area contributed by atoms with E-state index in [4.69, 9.17) is 11.3 Å². The Balaban J connectivity index is 2.32. The fourth-order valence-corrected chi connectivity index (χ4v) is 1.11. The molecule has 0 spiro atoms. The fraction of sp³-hybridized carbons (Fsp3) is 0.778. The zero-order valence-corrected chi connectivity index (χ0v) is 7.25. The molecule has 1 fully saturated rings. The van der Waals surface area contributed by atoms with Crippen molar-refractivity contribution < 1.29 is 9.53 Å². The van der Waals surface area contributed by atoms with Crippen molar-refractivity contribution in [3.8, 4) is 0 Å². The van der Waals surface area contributed by atoms with E-state index < -0.39 is 6.04 Å². The van der Waals surface area contributed by atoms with Gasteiger partial charge in [-0.05, 0) is 25.7 Å². The quantitative estimate of drug-likeness (QED) is 0.470. The molecule has 1 aliphatic carbocycles. The molecule has 1 rings (SSSR count). The highest BCUT2D eigenvalue weighted by Gasteiger charge is 2.33. The van der Waals surface area contributed by atoms with Crippen molar-refractivity contribution in [2.75, 3.05) is 6.61 Å². The molecule has 66 valence electrons. The van der Waals surface area contributed by atoms with Crippen LogP contribution in [0.4, 0.5) is 0 Å². The Morgan fingerprint density at radius 1 is 1.75 bits per heavy atom. The van der Waals surface area contributed by atoms with Crippen LogP contribution in [0.15, 0.2) is 0 Å². The van der Waals surface area contributed by atoms with Gasteiger partial charge in [-0.2, -0.15) is 0 Å². The predicted octanol–water partition coefficient (Wildman–Crippen LogP) is 1.64. The van der Waals surface area contributed by atoms with Gasteiger partial charge in [0.05, 0.1) is 6.61 Å². The molecule has 0 amide bonds. The van der Waals surface area contributed by atoms with E-state index in [0.717, 1.165) is 0 Å². The third-order valence-electron chi connectivity index (χ3n) is 1.97. The van der Waals surface area contributed by atoms with Crippen LogP contribution in [0.1, 0.15) is 26.2 Å². The van der Waals surface area contributed by atoms with Gasteiger partial charge in [-0.25, -0.2) is 11.4 Å². The van der Waals surface area contributed by atoms with E-state index in [9.17, 15) is 4.79 Å². The van der Waals surface area contributed by atoms with Crippen LogP contribution in [0, 0.1) is 12.5 Å². The number of hydrogen-bond acceptors (Lipinski definition) is 2. The largest absolute Gasteiger partial charge is 0.460 e. The zero-order chi connectivity index (χ0) is 8.97. The van der Waals surface area contributed by atoms with Crippen LogP contribution in [0.2, 0.25) is 0 Å². The van der Waals surface area contributed by atoms with Gasteiger partial charge in [0.1, 0.15) is 0 Å². The van der Waals surface area contributed by atoms with Gasteiger partial charge in [0, 0.05) is 6.42 Å². The Labute approximate surface area is 72.5 Å². The Morgan fingerprint density at radius 2 is 2.42 bits per heavy atom. The van der Waals surface area contributed by atoms with Gasteiger partial charge in [-0.1, -0.05) is 0 Å². The highest BCUT2D eigenvalue weighted by Crippen LogP contribution is 2.34. The normalized spacial score (nSPS) is 18.0. The number of carbonyl (C=O) groups is 1. The molecule has 0 aromatic carbocycles. The minimum Gasteiger partial charge on any atom is -0.460 e. The topological polar surface area (TPSA) is 30.7 Å². The molecule has 1 saturated carbocycles. The molecule has 0 saturated heterocycles. The van der Waals surface area contributed by atoms with Crippen LogP contribution < -0.4 is 0 Å². The smallest absolute Gasteiger partial charge is 0.390 e. The van der Waals surface area contributed by atoms with Crippen LogP contribution in [0.5, 0.6) is 0 Å². The molecule has 0 N–H and O–H groups in total. The van der Waals surface area contributed by atoms with Gasteiger partial charge in [-0.3, -0.25) is 0 Å². The number of esters is 1. The van der Waals surface area contributed by atoms with Gasteiger partial charge < -0.3 is 9.58 Å². The lowest BCUT2D eigenvalue weighted by Gasteiger charge is -2.02. The summed E-state index contributed by atoms with van der Waals surface area (Å²) >= 11 is 0. The maximum absolute atomic E-state index is 11.1. The number of nitrogens with zero attached hydrogens (tertiary/aromatic N) is 1. The van der Waals surface area contributed by atoms with E-state index >= 15 is 0 Å². The van der Waals surface area contributed by atoms with Gasteiger partial charge >= 0.3 is 12.0 Å². The number of ether oxygens (including phenoxy) is 1. The predicted molar refractivity (Wildman–Crippen MR) is 44.4 cm³/mol. The Bertz CT molecular complexity index is 203. The number of carbonyl (C=O) groups excluding carboxylic acids is 1. The number of rotatable bonds is 4. The molecule has 3 nitrogen and oxygen atoms in total. The first-order valence-electron chi connectivity index (χ1n) is 4.31. The Morgan fingerprint density at radius 3 is 2.83 bits per heavy atom. The first-order valence-corrected chi connectivity index (χ1v) is 4.31. The zero-order valence-electron chi connectivity index (χ0n) is 7.25. The summed E-state index contributed by atoms with van der Waals surface area (Å²) in [5.41, 5.74) is 0. The van der Waals surface area contributed by atoms with E-state index in [1.54, 1.807) is 6.92 Å². The summed E-state index contributed by atoms with van der Waals surface area (Å²) in [6.45, 7) is 8.94. The van der Waals surface area contributed by atoms with Crippen molar-refractivity contribution in [3.63, 3.8) is 0 Å². The average Bonchev–Trinajstić information content (AvgIpc) is 2.84. The standard InChI is InChI=1S/C9H13NO2/c1-3-12-9(11)8(10-2)6-7-4-5-7/h7-8H,3-6H2,1H3. The molecule has 0 radical (unpaired) electrons. The maximum atomic E-state index is 11.1. The second-order valence-corrected chi connectivity index (χ2v) is 3.08. The summed E-state index contributed by atoms with van der Waals surface area (Å²) in [6, 6.07) is -0.544. The van der Waals surface area contributed by atoms with E-state index in [1.807, 2.05) is 0 Å². The highest BCUT2D eigenvalue weighted by molar-refractivity contribution is 5.77. The molecule has 1 unspecified atom stereocenters. The minimum atomic E-state index is -0.544. The second-order valence-electron chi connectivity index (χ2n) is 3.08. The third-order valence-corrected chi connectivity index (χ3v) is 1.97. The molecule has 0 aliphatic heterocycles. The summed E-state index contributed by atoms with van der Waals surface area (Å²) in [5, 5.41) is 0. The Hall–Kier alpha value is -1.04. The maximum Gasteiger partial charge on any atom is 0.390 e. The van der Waals surface area contributed by atoms with Gasteiger partial charge in [0.15, 0.2) is 0 Å². The van der Waals surface area contributed by atoms with Crippen molar-refractivity contribution in [1.82, 2.24) is 0 Å². The lowest BCUT2D eigenvalue weighted by molar-refractivity contribution is -0.143. The lowest BCUT2D eigenvalue weighted by Crippen LogP contribution is -2.20. The van der Waals surface area contributed by atoms with Crippen molar-refractivity contribution >= 4 is 5.97 Å². The monoisotopic (exact) mass is 167 g/mol. The van der Waals surface area contributed by atoms with Crippen LogP contribution in [-0.4, -0.2) is 18.6 Å². The molecular weight excluding hydrogens is 154 g/mol. The van der Waals surface area contributed by atoms with Gasteiger partial charge in [-0.15, -0.1) is 0 Å². The molecule has 3 heteroatoms. The van der Waals surface area contributed by atoms with E-state index in [2.05, 4.69) is 4.85 Å². The summed E-state index contributed by atoms with van der Waals surface area (Å²) in [6.07, 6.45) is 3.04. The average molecular weight is 167 g/mol. The van der Waals surface area contributed by atoms with Crippen molar-refractivity contribution in [2.24, 2.45) is 5.92 Å². The minimum absolute atomic E-state index is 0.348. The molecular formula is C9H13NO2. The number of hydrogen-bond donors (Lipinski definition) is 0. The van der Waals surface area contributed by atoms with E-state index in [-0.39, 0.29) is 5.97 Å². The molecule has 0 aromatic rings. The summed E-state index contributed by atoms with van der Waals surface area (Å²) in [7, 11) is 0. The molecule has 0 heterocycles. The summed E-state index contributed by atoms with van der Waals surface area (Å²) < 4.78 is 4.77. The van der Waals surface area contributed by atoms with Gasteiger partial charge in [0.2, 0.25) is 0 Å². The third kappa shape index (κ3) is 2.54. The van der Waals surface area contributed by atoms with Crippen LogP contribution in [0.3, 0.4) is 0 Å². The van der Waals surface area contributed by atoms with E-state index in [0.29, 0.717) is 18.9 Å². The first-order chi connectivity index (χ1) is 5.77. The Kier molecular flexibility index (Phi) is 3.09. The molecule has 0 aromatic heterocycles. The molecule has 1 atom stereocenters. The van der Waals surface area contributed by atoms with Gasteiger partial charge in [0.25, 0.3) is 0 Å². The van der Waals surface area contributed by atoms with Crippen molar-refractivity contribution in [1.29, 1.82) is 0 Å². The second kappa shape index (κ2) is 4.10. The fourth-order valence-electron chi connectivity index (χ4n) is 1.11. The molecule has 0 bridgehead atoms. The highest BCUT2D eigenvalue weighted by atomic mass is 16.5. The molecule has 1 aliphatic rings. The van der Waals surface area contributed by atoms with E-state index in [1.165, 1.54) is 12.8 Å². The van der Waals surface area contributed by atoms with Crippen molar-refractivity contribution in [2.45, 2.75) is 32.2 Å². The van der Waals surface area contributed by atoms with Crippen LogP contribution >= 0.6 is 0 Å². The van der Waals surface area contributed by atoms with Crippen LogP contribution in [-0.2, 0) is 9.53 Å². The lowest BCUT2D eigenvalue weighted by atomic mass is 10.1. The SMILES string of the molecule is [C-]#[N+]C(CC1CC1)C(=O)OCC. The first kappa shape index (κ1) is 9.05. The van der Waals surface area contributed by atoms with Crippen molar-refractivity contribution in [3.05, 3.63) is 11.4 Å².